The number of hydrogen-bond acceptors (Lipinski definition) is 1. The summed E-state index contributed by atoms with van der Waals surface area (Å²) in [5.74, 6) is -0.642. The number of carbonyl (C=O) groups is 1. The van der Waals surface area contributed by atoms with Gasteiger partial charge in [0.25, 0.3) is 0 Å². The summed E-state index contributed by atoms with van der Waals surface area (Å²) in [7, 11) is 0. The molecule has 3 rings (SSSR count). The van der Waals surface area contributed by atoms with Gasteiger partial charge in [-0.3, -0.25) is 4.79 Å². The fourth-order valence-electron chi connectivity index (χ4n) is 3.00. The summed E-state index contributed by atoms with van der Waals surface area (Å²) >= 11 is 0. The van der Waals surface area contributed by atoms with Gasteiger partial charge in [-0.15, -0.1) is 0 Å². The van der Waals surface area contributed by atoms with E-state index in [4.69, 9.17) is 5.11 Å². The van der Waals surface area contributed by atoms with Crippen LogP contribution >= 0.6 is 0 Å². The molecule has 0 fully saturated rings. The lowest BCUT2D eigenvalue weighted by Gasteiger charge is -2.15. The molecule has 2 aromatic rings. The van der Waals surface area contributed by atoms with Crippen LogP contribution in [0.15, 0.2) is 48.5 Å². The molecule has 1 aliphatic carbocycles. The minimum absolute atomic E-state index is 0.0809. The molecular formula is C17H16O2. The van der Waals surface area contributed by atoms with Gasteiger partial charge in [0.15, 0.2) is 0 Å². The van der Waals surface area contributed by atoms with Crippen molar-refractivity contribution in [1.82, 2.24) is 0 Å². The second-order valence-corrected chi connectivity index (χ2v) is 5.14. The molecule has 0 spiro atoms. The molecule has 19 heavy (non-hydrogen) atoms. The quantitative estimate of drug-likeness (QED) is 0.889. The fourth-order valence-corrected chi connectivity index (χ4v) is 3.00. The number of rotatable bonds is 2. The monoisotopic (exact) mass is 252 g/mol. The van der Waals surface area contributed by atoms with E-state index in [1.165, 1.54) is 22.3 Å². The molecule has 2 heteroatoms. The van der Waals surface area contributed by atoms with E-state index in [-0.39, 0.29) is 12.3 Å². The van der Waals surface area contributed by atoms with Crippen LogP contribution < -0.4 is 0 Å². The SMILES string of the molecule is O=C(O)C[C@@H]1Cc2ccccc2Cc2ccccc21. The van der Waals surface area contributed by atoms with Crippen LogP contribution in [-0.2, 0) is 17.6 Å². The van der Waals surface area contributed by atoms with Crippen molar-refractivity contribution in [3.8, 4) is 0 Å². The van der Waals surface area contributed by atoms with Crippen molar-refractivity contribution < 1.29 is 9.90 Å². The Labute approximate surface area is 112 Å². The molecular weight excluding hydrogens is 236 g/mol. The lowest BCUT2D eigenvalue weighted by Crippen LogP contribution is -2.09. The van der Waals surface area contributed by atoms with Crippen LogP contribution in [-0.4, -0.2) is 11.1 Å². The van der Waals surface area contributed by atoms with Gasteiger partial charge >= 0.3 is 5.97 Å². The van der Waals surface area contributed by atoms with Gasteiger partial charge in [-0.1, -0.05) is 48.5 Å². The van der Waals surface area contributed by atoms with Gasteiger partial charge in [0, 0.05) is 0 Å². The van der Waals surface area contributed by atoms with Gasteiger partial charge in [-0.05, 0) is 41.0 Å². The second-order valence-electron chi connectivity index (χ2n) is 5.14. The van der Waals surface area contributed by atoms with E-state index in [9.17, 15) is 4.79 Å². The van der Waals surface area contributed by atoms with E-state index in [1.807, 2.05) is 18.2 Å². The Morgan fingerprint density at radius 2 is 1.63 bits per heavy atom. The lowest BCUT2D eigenvalue weighted by molar-refractivity contribution is -0.137. The van der Waals surface area contributed by atoms with Crippen molar-refractivity contribution in [3.05, 3.63) is 70.8 Å². The highest BCUT2D eigenvalue weighted by Gasteiger charge is 2.23. The normalized spacial score (nSPS) is 17.2. The summed E-state index contributed by atoms with van der Waals surface area (Å²) in [6, 6.07) is 16.6. The van der Waals surface area contributed by atoms with Gasteiger partial charge in [0.2, 0.25) is 0 Å². The maximum atomic E-state index is 11.1. The van der Waals surface area contributed by atoms with E-state index in [0.717, 1.165) is 12.8 Å². The highest BCUT2D eigenvalue weighted by molar-refractivity contribution is 5.68. The van der Waals surface area contributed by atoms with Gasteiger partial charge in [0.05, 0.1) is 6.42 Å². The summed E-state index contributed by atoms with van der Waals surface area (Å²) in [6.07, 6.45) is 1.92. The summed E-state index contributed by atoms with van der Waals surface area (Å²) in [6.45, 7) is 0. The van der Waals surface area contributed by atoms with Crippen molar-refractivity contribution in [1.29, 1.82) is 0 Å². The molecule has 0 heterocycles. The Hall–Kier alpha value is -2.09. The van der Waals surface area contributed by atoms with Crippen molar-refractivity contribution in [2.24, 2.45) is 0 Å². The van der Waals surface area contributed by atoms with Gasteiger partial charge in [-0.2, -0.15) is 0 Å². The molecule has 0 aliphatic heterocycles. The third-order valence-corrected chi connectivity index (χ3v) is 3.88. The largest absolute Gasteiger partial charge is 0.481 e. The molecule has 1 aliphatic rings. The zero-order valence-electron chi connectivity index (χ0n) is 10.7. The molecule has 2 aromatic carbocycles. The first-order valence-electron chi connectivity index (χ1n) is 6.60. The lowest BCUT2D eigenvalue weighted by atomic mass is 9.89. The number of carboxylic acid groups (broad SMARTS) is 1. The summed E-state index contributed by atoms with van der Waals surface area (Å²) < 4.78 is 0. The van der Waals surface area contributed by atoms with E-state index >= 15 is 0 Å². The zero-order valence-corrected chi connectivity index (χ0v) is 10.7. The Kier molecular flexibility index (Phi) is 3.08. The average Bonchev–Trinajstić information content (AvgIpc) is 2.55. The molecule has 0 unspecified atom stereocenters. The predicted molar refractivity (Wildman–Crippen MR) is 74.4 cm³/mol. The first-order valence-corrected chi connectivity index (χ1v) is 6.60. The number of hydrogen-bond donors (Lipinski definition) is 1. The first kappa shape index (κ1) is 12.0. The highest BCUT2D eigenvalue weighted by Crippen LogP contribution is 2.33. The van der Waals surface area contributed by atoms with Crippen LogP contribution in [0, 0.1) is 0 Å². The summed E-state index contributed by atoms with van der Waals surface area (Å²) in [4.78, 5) is 11.1. The standard InChI is InChI=1S/C17H16O2/c18-17(19)11-15-10-13-6-2-1-5-12(13)9-14-7-3-4-8-16(14)15/h1-8,15H,9-11H2,(H,18,19)/t15-/m0/s1. The molecule has 0 saturated heterocycles. The van der Waals surface area contributed by atoms with Crippen molar-refractivity contribution in [2.75, 3.05) is 0 Å². The summed E-state index contributed by atoms with van der Waals surface area (Å²) in [5.41, 5.74) is 5.06. The maximum Gasteiger partial charge on any atom is 0.303 e. The fraction of sp³-hybridized carbons (Fsp3) is 0.235. The Balaban J connectivity index is 2.08. The van der Waals surface area contributed by atoms with Crippen molar-refractivity contribution in [3.63, 3.8) is 0 Å². The van der Waals surface area contributed by atoms with Crippen LogP contribution in [0.1, 0.15) is 34.6 Å². The molecule has 1 N–H and O–H groups in total. The molecule has 0 saturated carbocycles. The number of aliphatic carboxylic acids is 1. The third kappa shape index (κ3) is 2.39. The first-order chi connectivity index (χ1) is 9.24. The Bertz CT molecular complexity index is 616. The predicted octanol–water partition coefficient (Wildman–Crippen LogP) is 3.39. The van der Waals surface area contributed by atoms with E-state index in [1.54, 1.807) is 0 Å². The van der Waals surface area contributed by atoms with Gasteiger partial charge in [-0.25, -0.2) is 0 Å². The molecule has 0 bridgehead atoms. The van der Waals surface area contributed by atoms with E-state index in [0.29, 0.717) is 0 Å². The molecule has 2 nitrogen and oxygen atoms in total. The minimum atomic E-state index is -0.723. The Morgan fingerprint density at radius 1 is 1.00 bits per heavy atom. The smallest absolute Gasteiger partial charge is 0.303 e. The van der Waals surface area contributed by atoms with Crippen LogP contribution in [0.4, 0.5) is 0 Å². The van der Waals surface area contributed by atoms with Crippen molar-refractivity contribution in [2.45, 2.75) is 25.2 Å². The van der Waals surface area contributed by atoms with E-state index in [2.05, 4.69) is 30.3 Å². The van der Waals surface area contributed by atoms with Gasteiger partial charge in [0.1, 0.15) is 0 Å². The maximum absolute atomic E-state index is 11.1. The number of carboxylic acids is 1. The number of benzene rings is 2. The molecule has 0 amide bonds. The van der Waals surface area contributed by atoms with Crippen LogP contribution in [0.5, 0.6) is 0 Å². The van der Waals surface area contributed by atoms with Crippen LogP contribution in [0.25, 0.3) is 0 Å². The second kappa shape index (κ2) is 4.88. The van der Waals surface area contributed by atoms with E-state index < -0.39 is 5.97 Å². The third-order valence-electron chi connectivity index (χ3n) is 3.88. The zero-order chi connectivity index (χ0) is 13.2. The number of fused-ring (bicyclic) bond motifs is 2. The molecule has 0 radical (unpaired) electrons. The van der Waals surface area contributed by atoms with Crippen LogP contribution in [0.3, 0.4) is 0 Å². The van der Waals surface area contributed by atoms with Crippen molar-refractivity contribution >= 4 is 5.97 Å². The molecule has 1 atom stereocenters. The molecule has 96 valence electrons. The van der Waals surface area contributed by atoms with Crippen LogP contribution in [0.2, 0.25) is 0 Å². The average molecular weight is 252 g/mol. The van der Waals surface area contributed by atoms with Gasteiger partial charge < -0.3 is 5.11 Å². The minimum Gasteiger partial charge on any atom is -0.481 e. The topological polar surface area (TPSA) is 37.3 Å². The Morgan fingerprint density at radius 3 is 2.37 bits per heavy atom. The molecule has 0 aromatic heterocycles. The highest BCUT2D eigenvalue weighted by atomic mass is 16.4. The summed E-state index contributed by atoms with van der Waals surface area (Å²) in [5, 5.41) is 9.13.